The standard InChI is InChI=1S/C10H13N3O3S2/c1-18(14,15)6-4-7(11)10-12-9(13-16-10)8-3-2-5-17-8/h2-3,5,7H,4,6,11H2,1H3. The summed E-state index contributed by atoms with van der Waals surface area (Å²) in [6, 6.07) is 3.21. The Morgan fingerprint density at radius 3 is 2.94 bits per heavy atom. The van der Waals surface area contributed by atoms with Gasteiger partial charge in [0.2, 0.25) is 11.7 Å². The third kappa shape index (κ3) is 3.37. The molecule has 8 heteroatoms. The normalized spacial score (nSPS) is 13.7. The number of rotatable bonds is 5. The van der Waals surface area contributed by atoms with Gasteiger partial charge < -0.3 is 10.3 Å². The summed E-state index contributed by atoms with van der Waals surface area (Å²) in [6.07, 6.45) is 1.44. The van der Waals surface area contributed by atoms with Crippen LogP contribution >= 0.6 is 11.3 Å². The molecular weight excluding hydrogens is 274 g/mol. The van der Waals surface area contributed by atoms with E-state index in [1.54, 1.807) is 0 Å². The topological polar surface area (TPSA) is 99.1 Å². The van der Waals surface area contributed by atoms with Crippen molar-refractivity contribution in [2.24, 2.45) is 5.73 Å². The fraction of sp³-hybridized carbons (Fsp3) is 0.400. The summed E-state index contributed by atoms with van der Waals surface area (Å²) in [5, 5.41) is 5.73. The number of hydrogen-bond acceptors (Lipinski definition) is 7. The largest absolute Gasteiger partial charge is 0.337 e. The highest BCUT2D eigenvalue weighted by atomic mass is 32.2. The maximum atomic E-state index is 11.0. The second-order valence-corrected chi connectivity index (χ2v) is 7.17. The van der Waals surface area contributed by atoms with Gasteiger partial charge in [0.25, 0.3) is 0 Å². The van der Waals surface area contributed by atoms with Crippen LogP contribution in [0.3, 0.4) is 0 Å². The number of nitrogens with two attached hydrogens (primary N) is 1. The van der Waals surface area contributed by atoms with Crippen LogP contribution in [0.25, 0.3) is 10.7 Å². The Labute approximate surface area is 109 Å². The number of sulfone groups is 1. The highest BCUT2D eigenvalue weighted by Crippen LogP contribution is 2.23. The first-order chi connectivity index (χ1) is 8.46. The fourth-order valence-electron chi connectivity index (χ4n) is 1.36. The minimum absolute atomic E-state index is 0.00484. The summed E-state index contributed by atoms with van der Waals surface area (Å²) in [6.45, 7) is 0. The summed E-state index contributed by atoms with van der Waals surface area (Å²) in [7, 11) is -3.03. The molecule has 6 nitrogen and oxygen atoms in total. The van der Waals surface area contributed by atoms with Gasteiger partial charge in [0.05, 0.1) is 16.7 Å². The van der Waals surface area contributed by atoms with E-state index < -0.39 is 15.9 Å². The predicted molar refractivity (Wildman–Crippen MR) is 68.9 cm³/mol. The van der Waals surface area contributed by atoms with Crippen molar-refractivity contribution in [1.82, 2.24) is 10.1 Å². The molecule has 0 saturated carbocycles. The van der Waals surface area contributed by atoms with E-state index in [1.807, 2.05) is 17.5 Å². The van der Waals surface area contributed by atoms with Crippen LogP contribution in [-0.2, 0) is 9.84 Å². The maximum Gasteiger partial charge on any atom is 0.243 e. The van der Waals surface area contributed by atoms with Crippen LogP contribution in [0.5, 0.6) is 0 Å². The highest BCUT2D eigenvalue weighted by Gasteiger charge is 2.17. The van der Waals surface area contributed by atoms with E-state index >= 15 is 0 Å². The van der Waals surface area contributed by atoms with E-state index in [0.29, 0.717) is 5.82 Å². The van der Waals surface area contributed by atoms with Crippen LogP contribution in [0.2, 0.25) is 0 Å². The van der Waals surface area contributed by atoms with E-state index in [2.05, 4.69) is 10.1 Å². The van der Waals surface area contributed by atoms with Crippen molar-refractivity contribution >= 4 is 21.2 Å². The lowest BCUT2D eigenvalue weighted by atomic mass is 10.2. The maximum absolute atomic E-state index is 11.0. The zero-order valence-electron chi connectivity index (χ0n) is 9.74. The van der Waals surface area contributed by atoms with Crippen molar-refractivity contribution < 1.29 is 12.9 Å². The van der Waals surface area contributed by atoms with Gasteiger partial charge in [0.1, 0.15) is 9.84 Å². The van der Waals surface area contributed by atoms with Crippen LogP contribution in [0.4, 0.5) is 0 Å². The number of hydrogen-bond donors (Lipinski definition) is 1. The Morgan fingerprint density at radius 2 is 2.33 bits per heavy atom. The van der Waals surface area contributed by atoms with Gasteiger partial charge in [-0.25, -0.2) is 8.42 Å². The Balaban J connectivity index is 2.06. The summed E-state index contributed by atoms with van der Waals surface area (Å²) < 4.78 is 27.1. The molecule has 0 fully saturated rings. The van der Waals surface area contributed by atoms with Crippen molar-refractivity contribution in [2.75, 3.05) is 12.0 Å². The van der Waals surface area contributed by atoms with Crippen LogP contribution in [0.15, 0.2) is 22.0 Å². The smallest absolute Gasteiger partial charge is 0.243 e. The molecule has 98 valence electrons. The number of aromatic nitrogens is 2. The van der Waals surface area contributed by atoms with Gasteiger partial charge in [-0.15, -0.1) is 11.3 Å². The van der Waals surface area contributed by atoms with Crippen molar-refractivity contribution in [3.8, 4) is 10.7 Å². The summed E-state index contributed by atoms with van der Waals surface area (Å²) in [4.78, 5) is 5.06. The van der Waals surface area contributed by atoms with Gasteiger partial charge in [-0.1, -0.05) is 11.2 Å². The molecular formula is C10H13N3O3S2. The lowest BCUT2D eigenvalue weighted by molar-refractivity contribution is 0.352. The van der Waals surface area contributed by atoms with Gasteiger partial charge in [-0.2, -0.15) is 4.98 Å². The summed E-state index contributed by atoms with van der Waals surface area (Å²) in [5.41, 5.74) is 5.81. The Morgan fingerprint density at radius 1 is 1.56 bits per heavy atom. The zero-order valence-corrected chi connectivity index (χ0v) is 11.4. The van der Waals surface area contributed by atoms with E-state index in [0.717, 1.165) is 4.88 Å². The first-order valence-electron chi connectivity index (χ1n) is 5.26. The van der Waals surface area contributed by atoms with Crippen LogP contribution in [0, 0.1) is 0 Å². The van der Waals surface area contributed by atoms with Crippen LogP contribution in [-0.4, -0.2) is 30.6 Å². The Bertz CT molecular complexity index is 604. The average molecular weight is 287 g/mol. The van der Waals surface area contributed by atoms with Crippen LogP contribution in [0.1, 0.15) is 18.4 Å². The Hall–Kier alpha value is -1.25. The molecule has 18 heavy (non-hydrogen) atoms. The molecule has 1 atom stereocenters. The third-order valence-electron chi connectivity index (χ3n) is 2.30. The molecule has 0 aromatic carbocycles. The second kappa shape index (κ2) is 5.17. The first kappa shape index (κ1) is 13.2. The molecule has 0 aliphatic carbocycles. The molecule has 2 aromatic rings. The molecule has 1 unspecified atom stereocenters. The fourth-order valence-corrected chi connectivity index (χ4v) is 2.69. The molecule has 0 spiro atoms. The lowest BCUT2D eigenvalue weighted by Crippen LogP contribution is -2.15. The van der Waals surface area contributed by atoms with Gasteiger partial charge in [-0.3, -0.25) is 0 Å². The molecule has 0 saturated heterocycles. The molecule has 0 aliphatic heterocycles. The predicted octanol–water partition coefficient (Wildman–Crippen LogP) is 1.23. The number of nitrogens with zero attached hydrogens (tertiary/aromatic N) is 2. The van der Waals surface area contributed by atoms with Crippen molar-refractivity contribution in [3.63, 3.8) is 0 Å². The molecule has 0 radical (unpaired) electrons. The second-order valence-electron chi connectivity index (χ2n) is 3.96. The van der Waals surface area contributed by atoms with Gasteiger partial charge in [0, 0.05) is 6.26 Å². The molecule has 2 N–H and O–H groups in total. The molecule has 0 aliphatic rings. The monoisotopic (exact) mass is 287 g/mol. The van der Waals surface area contributed by atoms with Crippen molar-refractivity contribution in [1.29, 1.82) is 0 Å². The van der Waals surface area contributed by atoms with Gasteiger partial charge in [0.15, 0.2) is 0 Å². The SMILES string of the molecule is CS(=O)(=O)CCC(N)c1nc(-c2cccs2)no1. The summed E-state index contributed by atoms with van der Waals surface area (Å²) in [5.74, 6) is 0.752. The first-order valence-corrected chi connectivity index (χ1v) is 8.20. The highest BCUT2D eigenvalue weighted by molar-refractivity contribution is 7.90. The molecule has 2 heterocycles. The minimum atomic E-state index is -3.03. The number of thiophene rings is 1. The van der Waals surface area contributed by atoms with E-state index in [4.69, 9.17) is 10.3 Å². The molecule has 0 bridgehead atoms. The average Bonchev–Trinajstić information content (AvgIpc) is 2.94. The van der Waals surface area contributed by atoms with Crippen molar-refractivity contribution in [3.05, 3.63) is 23.4 Å². The molecule has 0 amide bonds. The quantitative estimate of drug-likeness (QED) is 0.888. The van der Waals surface area contributed by atoms with Crippen molar-refractivity contribution in [2.45, 2.75) is 12.5 Å². The minimum Gasteiger partial charge on any atom is -0.337 e. The van der Waals surface area contributed by atoms with E-state index in [-0.39, 0.29) is 18.1 Å². The summed E-state index contributed by atoms with van der Waals surface area (Å²) >= 11 is 1.50. The lowest BCUT2D eigenvalue weighted by Gasteiger charge is -2.04. The third-order valence-corrected chi connectivity index (χ3v) is 4.14. The van der Waals surface area contributed by atoms with Crippen LogP contribution < -0.4 is 5.73 Å². The van der Waals surface area contributed by atoms with Gasteiger partial charge >= 0.3 is 0 Å². The van der Waals surface area contributed by atoms with E-state index in [1.165, 1.54) is 17.6 Å². The molecule has 2 rings (SSSR count). The van der Waals surface area contributed by atoms with E-state index in [9.17, 15) is 8.42 Å². The molecule has 2 aromatic heterocycles. The van der Waals surface area contributed by atoms with Gasteiger partial charge in [-0.05, 0) is 17.9 Å². The Kier molecular flexibility index (Phi) is 3.79. The zero-order chi connectivity index (χ0) is 13.2.